The first-order valence-electron chi connectivity index (χ1n) is 20.6. The number of rotatable bonds is 8. The van der Waals surface area contributed by atoms with Crippen LogP contribution in [0.1, 0.15) is 0 Å². The third-order valence-electron chi connectivity index (χ3n) is 11.8. The van der Waals surface area contributed by atoms with Gasteiger partial charge in [0.1, 0.15) is 0 Å². The van der Waals surface area contributed by atoms with Crippen LogP contribution in [0.25, 0.3) is 82.8 Å². The largest absolute Gasteiger partial charge is 0.310 e. The summed E-state index contributed by atoms with van der Waals surface area (Å²) in [7, 11) is 0. The summed E-state index contributed by atoms with van der Waals surface area (Å²) < 4.78 is 2.40. The van der Waals surface area contributed by atoms with E-state index in [9.17, 15) is 0 Å². The molecule has 282 valence electrons. The molecule has 0 aliphatic carbocycles. The fourth-order valence-electron chi connectivity index (χ4n) is 9.09. The Hall–Kier alpha value is -7.94. The molecule has 0 atom stereocenters. The summed E-state index contributed by atoms with van der Waals surface area (Å²) in [4.78, 5) is 2.48. The number of hydrogen-bond donors (Lipinski definition) is 0. The zero-order valence-electron chi connectivity index (χ0n) is 33.0. The van der Waals surface area contributed by atoms with E-state index in [1.807, 2.05) is 0 Å². The minimum absolute atomic E-state index is 1.08. The van der Waals surface area contributed by atoms with E-state index < -0.39 is 0 Å². The Morgan fingerprint density at radius 1 is 0.300 bits per heavy atom. The molecule has 1 heterocycles. The molecular formula is C58H40N2. The zero-order valence-corrected chi connectivity index (χ0v) is 33.0. The van der Waals surface area contributed by atoms with Gasteiger partial charge in [-0.25, -0.2) is 0 Å². The van der Waals surface area contributed by atoms with Crippen LogP contribution in [0.15, 0.2) is 243 Å². The van der Waals surface area contributed by atoms with Crippen molar-refractivity contribution in [3.63, 3.8) is 0 Å². The van der Waals surface area contributed by atoms with Crippen LogP contribution in [0, 0.1) is 0 Å². The summed E-state index contributed by atoms with van der Waals surface area (Å²) in [5.41, 5.74) is 16.2. The first-order valence-corrected chi connectivity index (χ1v) is 20.6. The number of nitrogens with zero attached hydrogens (tertiary/aromatic N) is 2. The molecule has 0 aliphatic rings. The Bertz CT molecular complexity index is 3290. The highest BCUT2D eigenvalue weighted by Gasteiger charge is 2.23. The van der Waals surface area contributed by atoms with Crippen molar-refractivity contribution in [3.8, 4) is 50.2 Å². The summed E-state index contributed by atoms with van der Waals surface area (Å²) in [6, 6.07) is 88.0. The van der Waals surface area contributed by atoms with Crippen LogP contribution in [-0.2, 0) is 0 Å². The summed E-state index contributed by atoms with van der Waals surface area (Å²) in [5.74, 6) is 0. The van der Waals surface area contributed by atoms with Crippen molar-refractivity contribution >= 4 is 49.6 Å². The topological polar surface area (TPSA) is 8.17 Å². The van der Waals surface area contributed by atoms with Crippen LogP contribution < -0.4 is 4.90 Å². The molecule has 11 rings (SSSR count). The van der Waals surface area contributed by atoms with Gasteiger partial charge < -0.3 is 9.47 Å². The first kappa shape index (κ1) is 35.2. The Balaban J connectivity index is 1.22. The van der Waals surface area contributed by atoms with E-state index in [2.05, 4.69) is 252 Å². The van der Waals surface area contributed by atoms with Gasteiger partial charge in [-0.3, -0.25) is 0 Å². The molecule has 0 bridgehead atoms. The van der Waals surface area contributed by atoms with Crippen molar-refractivity contribution in [1.82, 2.24) is 4.57 Å². The highest BCUT2D eigenvalue weighted by molar-refractivity contribution is 6.17. The van der Waals surface area contributed by atoms with Gasteiger partial charge in [-0.05, 0) is 110 Å². The highest BCUT2D eigenvalue weighted by atomic mass is 15.1. The maximum atomic E-state index is 2.48. The van der Waals surface area contributed by atoms with Gasteiger partial charge in [0.25, 0.3) is 0 Å². The van der Waals surface area contributed by atoms with E-state index in [4.69, 9.17) is 0 Å². The molecule has 0 saturated heterocycles. The molecule has 1 aromatic heterocycles. The Labute approximate surface area is 350 Å². The number of aromatic nitrogens is 1. The SMILES string of the molecule is c1ccc(-c2ccc(N(c3ccc(-c4cccc5ccccc45)c(-c4ccccc4)c3)c3cccc4c3c3ccccc3n4-c3ccccc3)cc2-c2ccccc2)cc1. The molecule has 10 aromatic carbocycles. The summed E-state index contributed by atoms with van der Waals surface area (Å²) >= 11 is 0. The maximum absolute atomic E-state index is 2.48. The quantitative estimate of drug-likeness (QED) is 0.150. The molecule has 0 fully saturated rings. The predicted octanol–water partition coefficient (Wildman–Crippen LogP) is 16.1. The van der Waals surface area contributed by atoms with Crippen LogP contribution in [-0.4, -0.2) is 4.57 Å². The van der Waals surface area contributed by atoms with Crippen LogP contribution in [0.5, 0.6) is 0 Å². The third kappa shape index (κ3) is 6.14. The standard InChI is InChI=1S/C58H40N2/c1-5-19-41(20-6-1)49-37-35-46(39-53(49)43-21-7-2-8-22-43)59(56-33-18-34-57-58(56)52-30-15-16-32-55(52)60(57)45-27-11-4-12-28-45)47-36-38-51(54(40-47)44-23-9-3-10-24-44)50-31-17-26-42-25-13-14-29-48(42)50/h1-40H. The van der Waals surface area contributed by atoms with E-state index in [1.165, 1.54) is 71.6 Å². The van der Waals surface area contributed by atoms with Crippen molar-refractivity contribution in [2.45, 2.75) is 0 Å². The van der Waals surface area contributed by atoms with E-state index >= 15 is 0 Å². The van der Waals surface area contributed by atoms with E-state index in [0.29, 0.717) is 0 Å². The van der Waals surface area contributed by atoms with Gasteiger partial charge in [0.2, 0.25) is 0 Å². The van der Waals surface area contributed by atoms with Gasteiger partial charge in [0.15, 0.2) is 0 Å². The van der Waals surface area contributed by atoms with Gasteiger partial charge in [-0.2, -0.15) is 0 Å². The van der Waals surface area contributed by atoms with E-state index in [1.54, 1.807) is 0 Å². The van der Waals surface area contributed by atoms with Crippen molar-refractivity contribution in [1.29, 1.82) is 0 Å². The van der Waals surface area contributed by atoms with Gasteiger partial charge in [-0.15, -0.1) is 0 Å². The monoisotopic (exact) mass is 764 g/mol. The molecule has 0 amide bonds. The lowest BCUT2D eigenvalue weighted by Crippen LogP contribution is -2.11. The van der Waals surface area contributed by atoms with Gasteiger partial charge >= 0.3 is 0 Å². The normalized spacial score (nSPS) is 11.3. The predicted molar refractivity (Wildman–Crippen MR) is 255 cm³/mol. The fourth-order valence-corrected chi connectivity index (χ4v) is 9.09. The number of para-hydroxylation sites is 2. The lowest BCUT2D eigenvalue weighted by molar-refractivity contribution is 1.18. The fraction of sp³-hybridized carbons (Fsp3) is 0. The molecule has 0 spiro atoms. The summed E-state index contributed by atoms with van der Waals surface area (Å²) in [6.07, 6.45) is 0. The molecule has 0 unspecified atom stereocenters. The van der Waals surface area contributed by atoms with E-state index in [-0.39, 0.29) is 0 Å². The Morgan fingerprint density at radius 3 is 1.45 bits per heavy atom. The molecule has 0 radical (unpaired) electrons. The minimum Gasteiger partial charge on any atom is -0.310 e. The molecule has 2 nitrogen and oxygen atoms in total. The average molecular weight is 765 g/mol. The molecule has 0 aliphatic heterocycles. The number of benzene rings is 10. The molecular weight excluding hydrogens is 725 g/mol. The summed E-state index contributed by atoms with van der Waals surface area (Å²) in [6.45, 7) is 0. The lowest BCUT2D eigenvalue weighted by atomic mass is 9.90. The number of hydrogen-bond acceptors (Lipinski definition) is 1. The minimum atomic E-state index is 1.08. The molecule has 0 saturated carbocycles. The van der Waals surface area contributed by atoms with Crippen LogP contribution in [0.4, 0.5) is 17.1 Å². The molecule has 2 heteroatoms. The smallest absolute Gasteiger partial charge is 0.0562 e. The number of anilines is 3. The van der Waals surface area contributed by atoms with Crippen molar-refractivity contribution < 1.29 is 0 Å². The highest BCUT2D eigenvalue weighted by Crippen LogP contribution is 2.48. The van der Waals surface area contributed by atoms with Crippen LogP contribution in [0.2, 0.25) is 0 Å². The van der Waals surface area contributed by atoms with Crippen LogP contribution >= 0.6 is 0 Å². The van der Waals surface area contributed by atoms with Crippen LogP contribution in [0.3, 0.4) is 0 Å². The first-order chi connectivity index (χ1) is 29.8. The summed E-state index contributed by atoms with van der Waals surface area (Å²) in [5, 5.41) is 4.87. The van der Waals surface area contributed by atoms with Crippen molar-refractivity contribution in [2.75, 3.05) is 4.90 Å². The second kappa shape index (κ2) is 15.1. The van der Waals surface area contributed by atoms with Gasteiger partial charge in [0, 0.05) is 27.8 Å². The number of fused-ring (bicyclic) bond motifs is 4. The lowest BCUT2D eigenvalue weighted by Gasteiger charge is -2.29. The third-order valence-corrected chi connectivity index (χ3v) is 11.8. The van der Waals surface area contributed by atoms with Crippen molar-refractivity contribution in [3.05, 3.63) is 243 Å². The molecule has 0 N–H and O–H groups in total. The van der Waals surface area contributed by atoms with Crippen molar-refractivity contribution in [2.24, 2.45) is 0 Å². The molecule has 60 heavy (non-hydrogen) atoms. The Morgan fingerprint density at radius 2 is 0.783 bits per heavy atom. The second-order valence-electron chi connectivity index (χ2n) is 15.3. The Kier molecular flexibility index (Phi) is 8.87. The van der Waals surface area contributed by atoms with Gasteiger partial charge in [-0.1, -0.05) is 188 Å². The second-order valence-corrected chi connectivity index (χ2v) is 15.3. The van der Waals surface area contributed by atoms with E-state index in [0.717, 1.165) is 28.3 Å². The zero-order chi connectivity index (χ0) is 39.8. The molecule has 11 aromatic rings. The maximum Gasteiger partial charge on any atom is 0.0562 e. The average Bonchev–Trinajstić information content (AvgIpc) is 3.67. The van der Waals surface area contributed by atoms with Gasteiger partial charge in [0.05, 0.1) is 16.7 Å².